The van der Waals surface area contributed by atoms with E-state index in [1.807, 2.05) is 25.1 Å². The molecule has 2 aromatic heterocycles. The van der Waals surface area contributed by atoms with Gasteiger partial charge in [0, 0.05) is 5.56 Å². The molecule has 1 N–H and O–H groups in total. The molecule has 0 aliphatic heterocycles. The van der Waals surface area contributed by atoms with Crippen LogP contribution in [0.15, 0.2) is 47.2 Å². The topological polar surface area (TPSA) is 51.0 Å². The van der Waals surface area contributed by atoms with E-state index in [0.717, 1.165) is 11.4 Å². The van der Waals surface area contributed by atoms with Crippen molar-refractivity contribution in [2.24, 2.45) is 0 Å². The molecular weight excluding hydrogens is 309 g/mol. The summed E-state index contributed by atoms with van der Waals surface area (Å²) in [7, 11) is 0. The van der Waals surface area contributed by atoms with E-state index in [1.165, 1.54) is 6.26 Å². The Hall–Kier alpha value is -2.04. The van der Waals surface area contributed by atoms with Crippen molar-refractivity contribution in [3.8, 4) is 11.3 Å². The van der Waals surface area contributed by atoms with E-state index in [0.29, 0.717) is 27.1 Å². The molecule has 0 bridgehead atoms. The molecular formula is C15H11Cl2N3O. The maximum atomic E-state index is 6.21. The van der Waals surface area contributed by atoms with Gasteiger partial charge in [0.25, 0.3) is 0 Å². The zero-order valence-electron chi connectivity index (χ0n) is 11.1. The minimum absolute atomic E-state index is 0.563. The highest BCUT2D eigenvalue weighted by atomic mass is 35.5. The van der Waals surface area contributed by atoms with Gasteiger partial charge in [0.05, 0.1) is 15.7 Å². The lowest BCUT2D eigenvalue weighted by atomic mass is 10.1. The van der Waals surface area contributed by atoms with Crippen LogP contribution in [-0.4, -0.2) is 10.1 Å². The third-order valence-corrected chi connectivity index (χ3v) is 3.61. The van der Waals surface area contributed by atoms with E-state index in [9.17, 15) is 0 Å². The molecule has 0 saturated heterocycles. The highest BCUT2D eigenvalue weighted by molar-refractivity contribution is 6.39. The summed E-state index contributed by atoms with van der Waals surface area (Å²) in [4.78, 5) is 4.53. The maximum Gasteiger partial charge on any atom is 0.147 e. The number of nitrogens with zero attached hydrogens (tertiary/aromatic N) is 2. The molecule has 6 heteroatoms. The van der Waals surface area contributed by atoms with Crippen molar-refractivity contribution in [3.63, 3.8) is 0 Å². The van der Waals surface area contributed by atoms with E-state index in [4.69, 9.17) is 27.7 Å². The van der Waals surface area contributed by atoms with Crippen molar-refractivity contribution in [1.29, 1.82) is 0 Å². The fraction of sp³-hybridized carbons (Fsp3) is 0.0667. The fourth-order valence-corrected chi connectivity index (χ4v) is 2.53. The van der Waals surface area contributed by atoms with Crippen molar-refractivity contribution in [2.45, 2.75) is 6.92 Å². The number of hydrogen-bond acceptors (Lipinski definition) is 4. The molecule has 3 rings (SSSR count). The summed E-state index contributed by atoms with van der Waals surface area (Å²) in [5, 5.41) is 8.09. The van der Waals surface area contributed by atoms with Gasteiger partial charge in [-0.15, -0.1) is 0 Å². The summed E-state index contributed by atoms with van der Waals surface area (Å²) in [5.41, 5.74) is 2.94. The standard InChI is InChI=1S/C15H11Cl2N3O/c1-9-13(8-21-20-9)19-14-7-3-6-12(18-14)15-10(16)4-2-5-11(15)17/h2-8H,1H3,(H,18,19). The van der Waals surface area contributed by atoms with E-state index in [1.54, 1.807) is 18.2 Å². The van der Waals surface area contributed by atoms with Crippen LogP contribution >= 0.6 is 23.2 Å². The lowest BCUT2D eigenvalue weighted by Crippen LogP contribution is -1.95. The zero-order valence-corrected chi connectivity index (χ0v) is 12.6. The predicted molar refractivity (Wildman–Crippen MR) is 84.2 cm³/mol. The number of nitrogens with one attached hydrogen (secondary N) is 1. The van der Waals surface area contributed by atoms with Crippen molar-refractivity contribution in [2.75, 3.05) is 5.32 Å². The average molecular weight is 320 g/mol. The second-order valence-corrected chi connectivity index (χ2v) is 5.26. The highest BCUT2D eigenvalue weighted by Crippen LogP contribution is 2.34. The summed E-state index contributed by atoms with van der Waals surface area (Å²) in [6, 6.07) is 11.0. The Morgan fingerprint density at radius 3 is 2.43 bits per heavy atom. The third-order valence-electron chi connectivity index (χ3n) is 2.98. The quantitative estimate of drug-likeness (QED) is 0.730. The summed E-state index contributed by atoms with van der Waals surface area (Å²) in [6.45, 7) is 1.85. The molecule has 0 amide bonds. The molecule has 21 heavy (non-hydrogen) atoms. The van der Waals surface area contributed by atoms with E-state index in [-0.39, 0.29) is 0 Å². The number of rotatable bonds is 3. The zero-order chi connectivity index (χ0) is 14.8. The second kappa shape index (κ2) is 5.76. The summed E-state index contributed by atoms with van der Waals surface area (Å²) < 4.78 is 4.89. The summed E-state index contributed by atoms with van der Waals surface area (Å²) in [6.07, 6.45) is 1.53. The molecule has 0 aliphatic rings. The van der Waals surface area contributed by atoms with Crippen LogP contribution in [-0.2, 0) is 0 Å². The minimum atomic E-state index is 0.563. The van der Waals surface area contributed by atoms with Gasteiger partial charge in [-0.05, 0) is 31.2 Å². The maximum absolute atomic E-state index is 6.21. The van der Waals surface area contributed by atoms with Crippen LogP contribution < -0.4 is 5.32 Å². The first-order chi connectivity index (χ1) is 10.1. The lowest BCUT2D eigenvalue weighted by molar-refractivity contribution is 0.415. The molecule has 0 unspecified atom stereocenters. The molecule has 0 radical (unpaired) electrons. The number of pyridine rings is 1. The van der Waals surface area contributed by atoms with Crippen LogP contribution in [0.25, 0.3) is 11.3 Å². The SMILES string of the molecule is Cc1nocc1Nc1cccc(-c2c(Cl)cccc2Cl)n1. The Labute approximate surface area is 131 Å². The molecule has 4 nitrogen and oxygen atoms in total. The monoisotopic (exact) mass is 319 g/mol. The van der Waals surface area contributed by atoms with Crippen LogP contribution in [0.4, 0.5) is 11.5 Å². The van der Waals surface area contributed by atoms with Crippen molar-refractivity contribution in [3.05, 3.63) is 58.4 Å². The molecule has 0 atom stereocenters. The highest BCUT2D eigenvalue weighted by Gasteiger charge is 2.11. The Kier molecular flexibility index (Phi) is 3.82. The number of anilines is 2. The van der Waals surface area contributed by atoms with Gasteiger partial charge in [-0.3, -0.25) is 0 Å². The van der Waals surface area contributed by atoms with Gasteiger partial charge in [0.1, 0.15) is 23.5 Å². The van der Waals surface area contributed by atoms with Gasteiger partial charge in [0.15, 0.2) is 0 Å². The van der Waals surface area contributed by atoms with Gasteiger partial charge >= 0.3 is 0 Å². The molecule has 1 aromatic carbocycles. The van der Waals surface area contributed by atoms with E-state index >= 15 is 0 Å². The molecule has 3 aromatic rings. The lowest BCUT2D eigenvalue weighted by Gasteiger charge is -2.09. The number of hydrogen-bond donors (Lipinski definition) is 1. The van der Waals surface area contributed by atoms with Gasteiger partial charge < -0.3 is 9.84 Å². The van der Waals surface area contributed by atoms with Crippen LogP contribution in [0.3, 0.4) is 0 Å². The Morgan fingerprint density at radius 1 is 1.05 bits per heavy atom. The Morgan fingerprint density at radius 2 is 1.76 bits per heavy atom. The fourth-order valence-electron chi connectivity index (χ4n) is 1.94. The first-order valence-electron chi connectivity index (χ1n) is 6.24. The smallest absolute Gasteiger partial charge is 0.147 e. The van der Waals surface area contributed by atoms with Crippen LogP contribution in [0, 0.1) is 6.92 Å². The summed E-state index contributed by atoms with van der Waals surface area (Å²) >= 11 is 12.4. The second-order valence-electron chi connectivity index (χ2n) is 4.44. The first kappa shape index (κ1) is 13.9. The van der Waals surface area contributed by atoms with Crippen LogP contribution in [0.5, 0.6) is 0 Å². The first-order valence-corrected chi connectivity index (χ1v) is 7.00. The van der Waals surface area contributed by atoms with E-state index in [2.05, 4.69) is 15.5 Å². The van der Waals surface area contributed by atoms with Crippen LogP contribution in [0.2, 0.25) is 10.0 Å². The molecule has 0 spiro atoms. The molecule has 0 saturated carbocycles. The molecule has 106 valence electrons. The van der Waals surface area contributed by atoms with Crippen molar-refractivity contribution >= 4 is 34.7 Å². The van der Waals surface area contributed by atoms with Gasteiger partial charge in [-0.25, -0.2) is 4.98 Å². The predicted octanol–water partition coefficient (Wildman–Crippen LogP) is 5.10. The van der Waals surface area contributed by atoms with Gasteiger partial charge in [-0.1, -0.05) is 40.5 Å². The summed E-state index contributed by atoms with van der Waals surface area (Å²) in [5.74, 6) is 0.662. The minimum Gasteiger partial charge on any atom is -0.362 e. The largest absolute Gasteiger partial charge is 0.362 e. The normalized spacial score (nSPS) is 10.6. The Bertz CT molecular complexity index is 766. The van der Waals surface area contributed by atoms with Crippen molar-refractivity contribution < 1.29 is 4.52 Å². The van der Waals surface area contributed by atoms with Gasteiger partial charge in [0.2, 0.25) is 0 Å². The number of aromatic nitrogens is 2. The van der Waals surface area contributed by atoms with Crippen LogP contribution in [0.1, 0.15) is 5.69 Å². The Balaban J connectivity index is 1.99. The molecule has 0 fully saturated rings. The van der Waals surface area contributed by atoms with E-state index < -0.39 is 0 Å². The third kappa shape index (κ3) is 2.86. The number of aryl methyl sites for hydroxylation is 1. The molecule has 2 heterocycles. The van der Waals surface area contributed by atoms with Gasteiger partial charge in [-0.2, -0.15) is 0 Å². The number of halogens is 2. The number of benzene rings is 1. The molecule has 0 aliphatic carbocycles. The van der Waals surface area contributed by atoms with Crippen molar-refractivity contribution in [1.82, 2.24) is 10.1 Å². The average Bonchev–Trinajstić information content (AvgIpc) is 2.85.